The first-order valence-corrected chi connectivity index (χ1v) is 5.16. The minimum Gasteiger partial charge on any atom is 1.00 e. The van der Waals surface area contributed by atoms with E-state index in [2.05, 4.69) is 9.47 Å². The normalized spacial score (nSPS) is 24.5. The van der Waals surface area contributed by atoms with Crippen LogP contribution in [-0.4, -0.2) is 18.9 Å². The van der Waals surface area contributed by atoms with Crippen LogP contribution in [0.15, 0.2) is 0 Å². The topological polar surface area (TPSA) is 35.5 Å². The van der Waals surface area contributed by atoms with E-state index in [1.54, 1.807) is 6.92 Å². The smallest absolute Gasteiger partial charge is 1.00 e. The van der Waals surface area contributed by atoms with E-state index in [9.17, 15) is 30.0 Å². The average molecular weight is 254 g/mol. The molecule has 0 aliphatic carbocycles. The van der Waals surface area contributed by atoms with E-state index in [-0.39, 0.29) is 25.0 Å². The van der Waals surface area contributed by atoms with Crippen LogP contribution in [0.4, 0.5) is 30.0 Å². The number of carbonyl (C=O) groups excluding carboxylic acids is 1. The van der Waals surface area contributed by atoms with E-state index < -0.39 is 14.0 Å². The summed E-state index contributed by atoms with van der Waals surface area (Å²) < 4.78 is 68.1. The van der Waals surface area contributed by atoms with Crippen molar-refractivity contribution in [2.24, 2.45) is 0 Å². The molecule has 1 rings (SSSR count). The van der Waals surface area contributed by atoms with Gasteiger partial charge in [-0.15, -0.1) is 0 Å². The maximum Gasteiger partial charge on any atom is 1.00 e. The summed E-state index contributed by atoms with van der Waals surface area (Å²) in [5, 5.41) is 0. The minimum atomic E-state index is -10.7. The Morgan fingerprint density at radius 1 is 1.20 bits per heavy atom. The fourth-order valence-electron chi connectivity index (χ4n) is 0.418. The molecule has 0 spiro atoms. The maximum atomic E-state index is 10.0. The molecule has 1 atom stereocenters. The van der Waals surface area contributed by atoms with Gasteiger partial charge in [0.1, 0.15) is 12.7 Å². The number of hydrogen-bond donors (Lipinski definition) is 0. The molecule has 3 nitrogen and oxygen atoms in total. The summed E-state index contributed by atoms with van der Waals surface area (Å²) >= 11 is 0. The standard InChI is InChI=1S/C4H6O3.F6P.Li/c1-3-2-6-4(5)7-3;1-7(2,3,4,5)6;/h3H,2H2,1H3;;/q;-1;+1. The van der Waals surface area contributed by atoms with Gasteiger partial charge < -0.3 is 9.47 Å². The first-order valence-electron chi connectivity index (χ1n) is 3.14. The van der Waals surface area contributed by atoms with Crippen LogP contribution in [0.2, 0.25) is 0 Å². The molecular weight excluding hydrogens is 248 g/mol. The maximum absolute atomic E-state index is 10.7. The van der Waals surface area contributed by atoms with Gasteiger partial charge in [0.2, 0.25) is 0 Å². The Morgan fingerprint density at radius 3 is 1.60 bits per heavy atom. The van der Waals surface area contributed by atoms with Crippen molar-refractivity contribution in [3.05, 3.63) is 0 Å². The van der Waals surface area contributed by atoms with Crippen LogP contribution in [0.25, 0.3) is 0 Å². The molecule has 0 aromatic heterocycles. The molecule has 1 unspecified atom stereocenters. The fourth-order valence-corrected chi connectivity index (χ4v) is 0.418. The molecular formula is C4H6F6LiO3P. The predicted molar refractivity (Wildman–Crippen MR) is 35.5 cm³/mol. The second-order valence-electron chi connectivity index (χ2n) is 2.45. The van der Waals surface area contributed by atoms with Crippen molar-refractivity contribution in [2.45, 2.75) is 13.0 Å². The van der Waals surface area contributed by atoms with Crippen molar-refractivity contribution >= 4 is 14.0 Å². The van der Waals surface area contributed by atoms with Gasteiger partial charge in [-0.25, -0.2) is 4.79 Å². The van der Waals surface area contributed by atoms with Gasteiger partial charge in [-0.05, 0) is 6.92 Å². The number of carbonyl (C=O) groups is 1. The van der Waals surface area contributed by atoms with Gasteiger partial charge in [0.05, 0.1) is 0 Å². The van der Waals surface area contributed by atoms with Crippen molar-refractivity contribution < 1.29 is 58.3 Å². The Morgan fingerprint density at radius 2 is 1.53 bits per heavy atom. The Labute approximate surface area is 92.5 Å². The Kier molecular flexibility index (Phi) is 4.65. The van der Waals surface area contributed by atoms with Crippen molar-refractivity contribution in [1.29, 1.82) is 0 Å². The third-order valence-electron chi connectivity index (χ3n) is 0.733. The summed E-state index contributed by atoms with van der Waals surface area (Å²) in [7, 11) is -10.7. The van der Waals surface area contributed by atoms with Gasteiger partial charge in [0.15, 0.2) is 0 Å². The van der Waals surface area contributed by atoms with E-state index in [0.717, 1.165) is 0 Å². The molecule has 1 aliphatic heterocycles. The minimum absolute atomic E-state index is 0. The second-order valence-corrected chi connectivity index (χ2v) is 4.36. The van der Waals surface area contributed by atoms with Crippen molar-refractivity contribution in [1.82, 2.24) is 0 Å². The number of hydrogen-bond acceptors (Lipinski definition) is 3. The van der Waals surface area contributed by atoms with E-state index in [1.165, 1.54) is 0 Å². The van der Waals surface area contributed by atoms with E-state index in [4.69, 9.17) is 0 Å². The average Bonchev–Trinajstić information content (AvgIpc) is 2.04. The van der Waals surface area contributed by atoms with E-state index in [0.29, 0.717) is 6.61 Å². The quantitative estimate of drug-likeness (QED) is 0.279. The first kappa shape index (κ1) is 17.3. The van der Waals surface area contributed by atoms with Gasteiger partial charge in [0.25, 0.3) is 0 Å². The molecule has 0 saturated carbocycles. The van der Waals surface area contributed by atoms with Gasteiger partial charge >= 0.3 is 58.0 Å². The Balaban J connectivity index is 0. The predicted octanol–water partition coefficient (Wildman–Crippen LogP) is 0.928. The molecule has 11 heteroatoms. The number of rotatable bonds is 0. The zero-order chi connectivity index (χ0) is 11.7. The van der Waals surface area contributed by atoms with Crippen LogP contribution >= 0.6 is 7.81 Å². The molecule has 0 aromatic carbocycles. The molecule has 15 heavy (non-hydrogen) atoms. The number of halogens is 6. The van der Waals surface area contributed by atoms with Crippen molar-refractivity contribution in [3.63, 3.8) is 0 Å². The molecule has 0 bridgehead atoms. The van der Waals surface area contributed by atoms with Crippen molar-refractivity contribution in [3.8, 4) is 0 Å². The zero-order valence-corrected chi connectivity index (χ0v) is 8.62. The molecule has 1 fully saturated rings. The SMILES string of the molecule is CC1COC(=O)O1.F[P-](F)(F)(F)(F)F.[Li+]. The molecule has 0 aromatic rings. The Bertz CT molecular complexity index is 224. The monoisotopic (exact) mass is 254 g/mol. The molecule has 0 radical (unpaired) electrons. The third-order valence-corrected chi connectivity index (χ3v) is 0.733. The van der Waals surface area contributed by atoms with Gasteiger partial charge in [0, 0.05) is 0 Å². The van der Waals surface area contributed by atoms with Gasteiger partial charge in [-0.1, -0.05) is 0 Å². The second kappa shape index (κ2) is 4.04. The summed E-state index contributed by atoms with van der Waals surface area (Å²) in [6, 6.07) is 0. The molecule has 1 saturated heterocycles. The summed E-state index contributed by atoms with van der Waals surface area (Å²) in [6.45, 7) is 2.18. The van der Waals surface area contributed by atoms with Crippen LogP contribution in [0.3, 0.4) is 0 Å². The molecule has 88 valence electrons. The number of ether oxygens (including phenoxy) is 2. The third kappa shape index (κ3) is 24.8. The van der Waals surface area contributed by atoms with Crippen LogP contribution in [-0.2, 0) is 9.47 Å². The molecule has 1 aliphatic rings. The van der Waals surface area contributed by atoms with Crippen LogP contribution < -0.4 is 18.9 Å². The largest absolute Gasteiger partial charge is 1.00 e. The Hall–Kier alpha value is -0.123. The summed E-state index contributed by atoms with van der Waals surface area (Å²) in [5.74, 6) is 0. The summed E-state index contributed by atoms with van der Waals surface area (Å²) in [4.78, 5) is 10.0. The van der Waals surface area contributed by atoms with Crippen LogP contribution in [0.1, 0.15) is 6.92 Å². The number of cyclic esters (lactones) is 2. The van der Waals surface area contributed by atoms with Gasteiger partial charge in [-0.2, -0.15) is 0 Å². The first-order chi connectivity index (χ1) is 5.74. The summed E-state index contributed by atoms with van der Waals surface area (Å²) in [5.41, 5.74) is 0. The van der Waals surface area contributed by atoms with Crippen molar-refractivity contribution in [2.75, 3.05) is 6.61 Å². The fraction of sp³-hybridized carbons (Fsp3) is 0.750. The van der Waals surface area contributed by atoms with Crippen LogP contribution in [0, 0.1) is 0 Å². The van der Waals surface area contributed by atoms with Gasteiger partial charge in [-0.3, -0.25) is 0 Å². The summed E-state index contributed by atoms with van der Waals surface area (Å²) in [6.07, 6.45) is -0.597. The molecule has 0 N–H and O–H groups in total. The van der Waals surface area contributed by atoms with E-state index >= 15 is 0 Å². The zero-order valence-electron chi connectivity index (χ0n) is 7.72. The molecule has 1 heterocycles. The molecule has 0 amide bonds. The van der Waals surface area contributed by atoms with E-state index in [1.807, 2.05) is 0 Å². The van der Waals surface area contributed by atoms with Crippen LogP contribution in [0.5, 0.6) is 0 Å².